The highest BCUT2D eigenvalue weighted by molar-refractivity contribution is 7.17. The van der Waals surface area contributed by atoms with Crippen molar-refractivity contribution in [3.8, 4) is 0 Å². The Morgan fingerprint density at radius 3 is 3.00 bits per heavy atom. The fourth-order valence-corrected chi connectivity index (χ4v) is 3.33. The number of urea groups is 1. The van der Waals surface area contributed by atoms with Gasteiger partial charge in [-0.05, 0) is 40.9 Å². The van der Waals surface area contributed by atoms with E-state index >= 15 is 0 Å². The molecule has 0 radical (unpaired) electrons. The normalized spacial score (nSPS) is 18.1. The number of carboxylic acids is 1. The highest BCUT2D eigenvalue weighted by Crippen LogP contribution is 2.22. The maximum atomic E-state index is 12.0. The fraction of sp³-hybridized carbons (Fsp3) is 0.333. The molecule has 2 amide bonds. The third-order valence-corrected chi connectivity index (χ3v) is 4.68. The summed E-state index contributed by atoms with van der Waals surface area (Å²) in [6, 6.07) is 7.99. The van der Waals surface area contributed by atoms with Crippen molar-refractivity contribution >= 4 is 33.4 Å². The number of fused-ring (bicyclic) bond motifs is 1. The van der Waals surface area contributed by atoms with Crippen LogP contribution in [0, 0.1) is 5.92 Å². The first-order valence-corrected chi connectivity index (χ1v) is 7.73. The van der Waals surface area contributed by atoms with Gasteiger partial charge in [0, 0.05) is 24.3 Å². The van der Waals surface area contributed by atoms with Crippen molar-refractivity contribution in [2.24, 2.45) is 5.92 Å². The largest absolute Gasteiger partial charge is 0.481 e. The number of aliphatic carboxylic acids is 1. The molecule has 1 aliphatic rings. The minimum absolute atomic E-state index is 0.191. The van der Waals surface area contributed by atoms with Crippen LogP contribution in [0.1, 0.15) is 12.0 Å². The van der Waals surface area contributed by atoms with Crippen LogP contribution in [0.25, 0.3) is 10.1 Å². The number of hydrogen-bond donors (Lipinski definition) is 2. The standard InChI is InChI=1S/C15H16N2O3S/c18-14(19)12-3-5-17(9-12)15(20)16-8-10-1-2-13-11(7-10)4-6-21-13/h1-2,4,6-7,12H,3,5,8-9H2,(H,16,20)(H,18,19). The van der Waals surface area contributed by atoms with Crippen molar-refractivity contribution < 1.29 is 14.7 Å². The third-order valence-electron chi connectivity index (χ3n) is 3.79. The summed E-state index contributed by atoms with van der Waals surface area (Å²) < 4.78 is 1.23. The summed E-state index contributed by atoms with van der Waals surface area (Å²) in [6.45, 7) is 1.26. The molecular weight excluding hydrogens is 288 g/mol. The lowest BCUT2D eigenvalue weighted by Crippen LogP contribution is -2.38. The second kappa shape index (κ2) is 5.73. The zero-order valence-corrected chi connectivity index (χ0v) is 12.2. The molecule has 6 heteroatoms. The van der Waals surface area contributed by atoms with Gasteiger partial charge in [-0.3, -0.25) is 4.79 Å². The van der Waals surface area contributed by atoms with Gasteiger partial charge in [0.2, 0.25) is 0 Å². The van der Waals surface area contributed by atoms with Gasteiger partial charge in [0.15, 0.2) is 0 Å². The second-order valence-electron chi connectivity index (χ2n) is 5.22. The first kappa shape index (κ1) is 13.9. The van der Waals surface area contributed by atoms with Crippen LogP contribution in [0.2, 0.25) is 0 Å². The Morgan fingerprint density at radius 1 is 1.38 bits per heavy atom. The molecule has 2 N–H and O–H groups in total. The van der Waals surface area contributed by atoms with Crippen LogP contribution >= 0.6 is 11.3 Å². The Bertz CT molecular complexity index is 682. The molecule has 1 fully saturated rings. The number of thiophene rings is 1. The summed E-state index contributed by atoms with van der Waals surface area (Å²) in [7, 11) is 0. The zero-order chi connectivity index (χ0) is 14.8. The van der Waals surface area contributed by atoms with Gasteiger partial charge in [-0.15, -0.1) is 11.3 Å². The van der Waals surface area contributed by atoms with E-state index in [4.69, 9.17) is 5.11 Å². The molecule has 0 spiro atoms. The zero-order valence-electron chi connectivity index (χ0n) is 11.4. The van der Waals surface area contributed by atoms with Gasteiger partial charge in [-0.2, -0.15) is 0 Å². The number of carboxylic acid groups (broad SMARTS) is 1. The number of likely N-dealkylation sites (tertiary alicyclic amines) is 1. The van der Waals surface area contributed by atoms with E-state index in [2.05, 4.69) is 23.5 Å². The first-order chi connectivity index (χ1) is 10.1. The summed E-state index contributed by atoms with van der Waals surface area (Å²) in [5.74, 6) is -1.26. The maximum Gasteiger partial charge on any atom is 0.317 e. The molecule has 0 bridgehead atoms. The van der Waals surface area contributed by atoms with Gasteiger partial charge in [0.1, 0.15) is 0 Å². The Balaban J connectivity index is 1.57. The van der Waals surface area contributed by atoms with E-state index in [0.29, 0.717) is 26.1 Å². The highest BCUT2D eigenvalue weighted by Gasteiger charge is 2.30. The highest BCUT2D eigenvalue weighted by atomic mass is 32.1. The Labute approximate surface area is 126 Å². The van der Waals surface area contributed by atoms with Crippen LogP contribution in [0.3, 0.4) is 0 Å². The van der Waals surface area contributed by atoms with Gasteiger partial charge < -0.3 is 15.3 Å². The lowest BCUT2D eigenvalue weighted by molar-refractivity contribution is -0.141. The molecule has 1 unspecified atom stereocenters. The van der Waals surface area contributed by atoms with Crippen LogP contribution in [0.5, 0.6) is 0 Å². The van der Waals surface area contributed by atoms with Gasteiger partial charge in [-0.1, -0.05) is 6.07 Å². The number of carbonyl (C=O) groups is 2. The molecule has 21 heavy (non-hydrogen) atoms. The predicted molar refractivity (Wildman–Crippen MR) is 81.4 cm³/mol. The maximum absolute atomic E-state index is 12.0. The molecule has 1 saturated heterocycles. The fourth-order valence-electron chi connectivity index (χ4n) is 2.56. The van der Waals surface area contributed by atoms with E-state index in [1.54, 1.807) is 16.2 Å². The first-order valence-electron chi connectivity index (χ1n) is 6.85. The van der Waals surface area contributed by atoms with Crippen LogP contribution in [-0.2, 0) is 11.3 Å². The number of benzene rings is 1. The molecule has 1 aliphatic heterocycles. The van der Waals surface area contributed by atoms with Gasteiger partial charge in [0.25, 0.3) is 0 Å². The van der Waals surface area contributed by atoms with Crippen molar-refractivity contribution in [1.29, 1.82) is 0 Å². The average molecular weight is 304 g/mol. The van der Waals surface area contributed by atoms with E-state index in [-0.39, 0.29) is 6.03 Å². The number of rotatable bonds is 3. The molecule has 5 nitrogen and oxygen atoms in total. The summed E-state index contributed by atoms with van der Waals surface area (Å²) >= 11 is 1.69. The lowest BCUT2D eigenvalue weighted by Gasteiger charge is -2.16. The SMILES string of the molecule is O=C(O)C1CCN(C(=O)NCc2ccc3sccc3c2)C1. The summed E-state index contributed by atoms with van der Waals surface area (Å²) in [5, 5.41) is 15.0. The summed E-state index contributed by atoms with van der Waals surface area (Å²) in [6.07, 6.45) is 0.531. The molecule has 0 aliphatic carbocycles. The van der Waals surface area contributed by atoms with E-state index in [0.717, 1.165) is 5.56 Å². The Morgan fingerprint density at radius 2 is 2.24 bits per heavy atom. The lowest BCUT2D eigenvalue weighted by atomic mass is 10.1. The van der Waals surface area contributed by atoms with Crippen molar-refractivity contribution in [3.63, 3.8) is 0 Å². The summed E-state index contributed by atoms with van der Waals surface area (Å²) in [4.78, 5) is 24.5. The summed E-state index contributed by atoms with van der Waals surface area (Å²) in [5.41, 5.74) is 1.04. The average Bonchev–Trinajstić information content (AvgIpc) is 3.12. The van der Waals surface area contributed by atoms with Gasteiger partial charge >= 0.3 is 12.0 Å². The van der Waals surface area contributed by atoms with Crippen LogP contribution in [0.4, 0.5) is 4.79 Å². The number of nitrogens with one attached hydrogen (secondary N) is 1. The quantitative estimate of drug-likeness (QED) is 0.915. The van der Waals surface area contributed by atoms with Crippen LogP contribution in [-0.4, -0.2) is 35.1 Å². The second-order valence-corrected chi connectivity index (χ2v) is 6.17. The molecule has 110 valence electrons. The van der Waals surface area contributed by atoms with Crippen LogP contribution < -0.4 is 5.32 Å². The molecular formula is C15H16N2O3S. The Hall–Kier alpha value is -2.08. The number of hydrogen-bond acceptors (Lipinski definition) is 3. The molecule has 1 aromatic heterocycles. The molecule has 0 saturated carbocycles. The third kappa shape index (κ3) is 3.00. The molecule has 2 heterocycles. The van der Waals surface area contributed by atoms with Crippen molar-refractivity contribution in [2.75, 3.05) is 13.1 Å². The van der Waals surface area contributed by atoms with E-state index in [9.17, 15) is 9.59 Å². The number of carbonyl (C=O) groups excluding carboxylic acids is 1. The minimum atomic E-state index is -0.826. The monoisotopic (exact) mass is 304 g/mol. The van der Waals surface area contributed by atoms with E-state index < -0.39 is 11.9 Å². The molecule has 2 aromatic rings. The number of nitrogens with zero attached hydrogens (tertiary/aromatic N) is 1. The smallest absolute Gasteiger partial charge is 0.317 e. The van der Waals surface area contributed by atoms with Crippen molar-refractivity contribution in [2.45, 2.75) is 13.0 Å². The molecule has 1 atom stereocenters. The minimum Gasteiger partial charge on any atom is -0.481 e. The van der Waals surface area contributed by atoms with E-state index in [1.807, 2.05) is 11.4 Å². The number of amides is 2. The molecule has 1 aromatic carbocycles. The van der Waals surface area contributed by atoms with Gasteiger partial charge in [-0.25, -0.2) is 4.79 Å². The molecule has 3 rings (SSSR count). The Kier molecular flexibility index (Phi) is 3.79. The van der Waals surface area contributed by atoms with E-state index in [1.165, 1.54) is 10.1 Å². The van der Waals surface area contributed by atoms with Crippen molar-refractivity contribution in [1.82, 2.24) is 10.2 Å². The predicted octanol–water partition coefficient (Wildman–Crippen LogP) is 2.52. The topological polar surface area (TPSA) is 69.6 Å². The van der Waals surface area contributed by atoms with Crippen molar-refractivity contribution in [3.05, 3.63) is 35.2 Å². The van der Waals surface area contributed by atoms with Crippen LogP contribution in [0.15, 0.2) is 29.6 Å². The van der Waals surface area contributed by atoms with Gasteiger partial charge in [0.05, 0.1) is 5.92 Å².